The number of piperidine rings is 1. The zero-order valence-corrected chi connectivity index (χ0v) is 14.0. The molecule has 0 bridgehead atoms. The van der Waals surface area contributed by atoms with Gasteiger partial charge in [-0.05, 0) is 39.3 Å². The van der Waals surface area contributed by atoms with E-state index in [1.165, 1.54) is 4.90 Å². The van der Waals surface area contributed by atoms with Gasteiger partial charge in [-0.25, -0.2) is 8.42 Å². The predicted molar refractivity (Wildman–Crippen MR) is 83.2 cm³/mol. The second kappa shape index (κ2) is 7.39. The first-order valence-corrected chi connectivity index (χ1v) is 9.73. The monoisotopic (exact) mass is 345 g/mol. The van der Waals surface area contributed by atoms with Crippen LogP contribution in [-0.2, 0) is 24.2 Å². The molecule has 0 aliphatic carbocycles. The number of hydrogen-bond donors (Lipinski definition) is 2. The van der Waals surface area contributed by atoms with Gasteiger partial charge in [-0.2, -0.15) is 0 Å². The summed E-state index contributed by atoms with van der Waals surface area (Å²) in [6.07, 6.45) is 1.59. The summed E-state index contributed by atoms with van der Waals surface area (Å²) >= 11 is 0. The highest BCUT2D eigenvalue weighted by Crippen LogP contribution is 2.18. The number of likely N-dealkylation sites (N-methyl/N-ethyl adjacent to an activating group) is 1. The van der Waals surface area contributed by atoms with Crippen LogP contribution in [0.5, 0.6) is 0 Å². The highest BCUT2D eigenvalue weighted by molar-refractivity contribution is 7.91. The van der Waals surface area contributed by atoms with Crippen LogP contribution in [-0.4, -0.2) is 68.2 Å². The third-order valence-corrected chi connectivity index (χ3v) is 6.14. The van der Waals surface area contributed by atoms with Crippen molar-refractivity contribution < 1.29 is 22.8 Å². The summed E-state index contributed by atoms with van der Waals surface area (Å²) in [4.78, 5) is 37.5. The largest absolute Gasteiger partial charge is 0.331 e. The molecule has 2 saturated heterocycles. The van der Waals surface area contributed by atoms with Crippen LogP contribution in [0.4, 0.5) is 0 Å². The first-order chi connectivity index (χ1) is 10.8. The van der Waals surface area contributed by atoms with E-state index >= 15 is 0 Å². The lowest BCUT2D eigenvalue weighted by Crippen LogP contribution is -2.51. The number of carbonyl (C=O) groups is 3. The molecule has 0 aromatic heterocycles. The van der Waals surface area contributed by atoms with E-state index in [4.69, 9.17) is 0 Å². The van der Waals surface area contributed by atoms with Crippen molar-refractivity contribution in [1.29, 1.82) is 0 Å². The van der Waals surface area contributed by atoms with Gasteiger partial charge < -0.3 is 10.2 Å². The molecule has 1 atom stereocenters. The van der Waals surface area contributed by atoms with Crippen molar-refractivity contribution in [3.05, 3.63) is 0 Å². The lowest BCUT2D eigenvalue weighted by Gasteiger charge is -2.26. The molecule has 0 aromatic rings. The number of carbonyl (C=O) groups excluding carboxylic acids is 3. The molecular weight excluding hydrogens is 322 g/mol. The van der Waals surface area contributed by atoms with Crippen molar-refractivity contribution in [2.24, 2.45) is 5.92 Å². The Labute approximate surface area is 135 Å². The zero-order valence-electron chi connectivity index (χ0n) is 13.2. The quantitative estimate of drug-likeness (QED) is 0.613. The molecule has 2 aliphatic rings. The number of nitrogens with zero attached hydrogens (tertiary/aromatic N) is 1. The van der Waals surface area contributed by atoms with Crippen LogP contribution in [0.3, 0.4) is 0 Å². The van der Waals surface area contributed by atoms with Crippen molar-refractivity contribution in [3.63, 3.8) is 0 Å². The molecule has 130 valence electrons. The second-order valence-corrected chi connectivity index (χ2v) is 8.22. The van der Waals surface area contributed by atoms with E-state index in [1.54, 1.807) is 6.92 Å². The molecule has 3 amide bonds. The first kappa shape index (κ1) is 17.9. The maximum Gasteiger partial charge on any atom is 0.316 e. The Hall–Kier alpha value is -1.48. The average molecular weight is 345 g/mol. The van der Waals surface area contributed by atoms with Crippen LogP contribution in [0.1, 0.15) is 26.2 Å². The fourth-order valence-electron chi connectivity index (χ4n) is 3.07. The molecule has 2 N–H and O–H groups in total. The molecule has 9 heteroatoms. The minimum Gasteiger partial charge on any atom is -0.331 e. The Morgan fingerprint density at radius 3 is 2.35 bits per heavy atom. The highest BCUT2D eigenvalue weighted by atomic mass is 32.2. The molecule has 0 aromatic carbocycles. The van der Waals surface area contributed by atoms with Crippen molar-refractivity contribution in [2.45, 2.75) is 32.2 Å². The van der Waals surface area contributed by atoms with Crippen LogP contribution >= 0.6 is 0 Å². The number of rotatable bonds is 3. The van der Waals surface area contributed by atoms with Gasteiger partial charge in [0.05, 0.1) is 11.5 Å². The lowest BCUT2D eigenvalue weighted by molar-refractivity contribution is -0.149. The minimum atomic E-state index is -3.15. The molecule has 8 nitrogen and oxygen atoms in total. The molecule has 2 aliphatic heterocycles. The summed E-state index contributed by atoms with van der Waals surface area (Å²) in [7, 11) is -3.15. The van der Waals surface area contributed by atoms with E-state index in [2.05, 4.69) is 10.6 Å². The maximum atomic E-state index is 12.2. The topological polar surface area (TPSA) is 113 Å². The number of nitrogens with one attached hydrogen (secondary N) is 2. The van der Waals surface area contributed by atoms with Gasteiger partial charge in [0.2, 0.25) is 5.91 Å². The summed E-state index contributed by atoms with van der Waals surface area (Å²) in [6.45, 7) is 3.33. The van der Waals surface area contributed by atoms with Crippen LogP contribution in [0.25, 0.3) is 0 Å². The van der Waals surface area contributed by atoms with Crippen molar-refractivity contribution >= 4 is 27.6 Å². The number of sulfone groups is 1. The summed E-state index contributed by atoms with van der Waals surface area (Å²) in [6, 6.07) is -0.489. The smallest absolute Gasteiger partial charge is 0.316 e. The third-order valence-electron chi connectivity index (χ3n) is 4.39. The van der Waals surface area contributed by atoms with Gasteiger partial charge >= 0.3 is 11.8 Å². The Bertz CT molecular complexity index is 583. The standard InChI is InChI=1S/C14H23N3O5S/c1-2-17(11-5-8-23(21,22)9-11)14(20)13(19)16-12(18)10-3-6-15-7-4-10/h10-11,15H,2-9H2,1H3,(H,16,18,19). The van der Waals surface area contributed by atoms with Crippen molar-refractivity contribution in [2.75, 3.05) is 31.1 Å². The summed E-state index contributed by atoms with van der Waals surface area (Å²) in [5.41, 5.74) is 0. The van der Waals surface area contributed by atoms with Crippen LogP contribution in [0, 0.1) is 5.92 Å². The molecule has 2 fully saturated rings. The molecule has 1 unspecified atom stereocenters. The molecule has 2 rings (SSSR count). The van der Waals surface area contributed by atoms with E-state index in [0.717, 1.165) is 0 Å². The number of hydrogen-bond acceptors (Lipinski definition) is 6. The van der Waals surface area contributed by atoms with Crippen LogP contribution in [0.15, 0.2) is 0 Å². The van der Waals surface area contributed by atoms with Crippen LogP contribution < -0.4 is 10.6 Å². The average Bonchev–Trinajstić information content (AvgIpc) is 2.88. The first-order valence-electron chi connectivity index (χ1n) is 7.91. The highest BCUT2D eigenvalue weighted by Gasteiger charge is 2.36. The number of amides is 3. The van der Waals surface area contributed by atoms with Crippen molar-refractivity contribution in [3.8, 4) is 0 Å². The van der Waals surface area contributed by atoms with Gasteiger partial charge in [-0.3, -0.25) is 19.7 Å². The Morgan fingerprint density at radius 2 is 1.83 bits per heavy atom. The molecule has 0 radical (unpaired) electrons. The van der Waals surface area contributed by atoms with Crippen molar-refractivity contribution in [1.82, 2.24) is 15.5 Å². The number of imide groups is 1. The molecule has 2 heterocycles. The molecular formula is C14H23N3O5S. The SMILES string of the molecule is CCN(C(=O)C(=O)NC(=O)C1CCNCC1)C1CCS(=O)(=O)C1. The molecule has 23 heavy (non-hydrogen) atoms. The Morgan fingerprint density at radius 1 is 1.17 bits per heavy atom. The fourth-order valence-corrected chi connectivity index (χ4v) is 4.80. The van der Waals surface area contributed by atoms with Gasteiger partial charge in [0, 0.05) is 18.5 Å². The zero-order chi connectivity index (χ0) is 17.0. The van der Waals surface area contributed by atoms with Gasteiger partial charge in [0.15, 0.2) is 9.84 Å². The Balaban J connectivity index is 1.94. The van der Waals surface area contributed by atoms with Gasteiger partial charge in [-0.15, -0.1) is 0 Å². The lowest BCUT2D eigenvalue weighted by atomic mass is 9.97. The van der Waals surface area contributed by atoms with E-state index in [9.17, 15) is 22.8 Å². The second-order valence-electron chi connectivity index (χ2n) is 5.99. The summed E-state index contributed by atoms with van der Waals surface area (Å²) in [5.74, 6) is -2.61. The summed E-state index contributed by atoms with van der Waals surface area (Å²) in [5, 5.41) is 5.28. The van der Waals surface area contributed by atoms with Gasteiger partial charge in [0.1, 0.15) is 0 Å². The normalized spacial score (nSPS) is 24.1. The fraction of sp³-hybridized carbons (Fsp3) is 0.786. The van der Waals surface area contributed by atoms with E-state index in [1.807, 2.05) is 0 Å². The predicted octanol–water partition coefficient (Wildman–Crippen LogP) is -1.34. The summed E-state index contributed by atoms with van der Waals surface area (Å²) < 4.78 is 23.1. The molecule has 0 saturated carbocycles. The van der Waals surface area contributed by atoms with E-state index in [-0.39, 0.29) is 24.0 Å². The van der Waals surface area contributed by atoms with E-state index < -0.39 is 33.6 Å². The van der Waals surface area contributed by atoms with Gasteiger partial charge in [0.25, 0.3) is 0 Å². The van der Waals surface area contributed by atoms with Crippen LogP contribution in [0.2, 0.25) is 0 Å². The van der Waals surface area contributed by atoms with E-state index in [0.29, 0.717) is 32.4 Å². The Kier molecular flexibility index (Phi) is 5.74. The maximum absolute atomic E-state index is 12.2. The minimum absolute atomic E-state index is 0.0249. The molecule has 0 spiro atoms. The van der Waals surface area contributed by atoms with Gasteiger partial charge in [-0.1, -0.05) is 0 Å². The third kappa shape index (κ3) is 4.51.